The fourth-order valence-corrected chi connectivity index (χ4v) is 7.82. The van der Waals surface area contributed by atoms with Gasteiger partial charge in [-0.3, -0.25) is 0 Å². The van der Waals surface area contributed by atoms with E-state index >= 15 is 0 Å². The standard InChI is InChI=1S/C20H35NO/c1-19-10-8-14(22)12-13(19)4-5-15-16-6-7-18(21-3)20(16,2)11-9-17(15)19/h13-18,21-22H,4-12H2,1-3H3/p+1/t13-,14+,15-,16+,17+,18+,19-,20-/m0/s1. The van der Waals surface area contributed by atoms with E-state index in [1.807, 2.05) is 0 Å². The van der Waals surface area contributed by atoms with Gasteiger partial charge in [-0.2, -0.15) is 0 Å². The van der Waals surface area contributed by atoms with Gasteiger partial charge in [0.1, 0.15) is 0 Å². The molecule has 0 radical (unpaired) electrons. The Hall–Kier alpha value is -0.0800. The van der Waals surface area contributed by atoms with Crippen LogP contribution < -0.4 is 5.32 Å². The first-order chi connectivity index (χ1) is 10.5. The van der Waals surface area contributed by atoms with Crippen molar-refractivity contribution in [2.24, 2.45) is 34.5 Å². The van der Waals surface area contributed by atoms with Crippen molar-refractivity contribution >= 4 is 0 Å². The van der Waals surface area contributed by atoms with Crippen LogP contribution in [-0.2, 0) is 0 Å². The molecule has 4 aliphatic carbocycles. The van der Waals surface area contributed by atoms with E-state index in [4.69, 9.17) is 0 Å². The van der Waals surface area contributed by atoms with Gasteiger partial charge in [0.25, 0.3) is 0 Å². The minimum Gasteiger partial charge on any atom is -0.393 e. The van der Waals surface area contributed by atoms with Gasteiger partial charge in [0.05, 0.1) is 19.2 Å². The summed E-state index contributed by atoms with van der Waals surface area (Å²) >= 11 is 0. The molecule has 4 saturated carbocycles. The molecular formula is C20H36NO+. The molecule has 0 bridgehead atoms. The van der Waals surface area contributed by atoms with Crippen LogP contribution in [0.3, 0.4) is 0 Å². The van der Waals surface area contributed by atoms with E-state index in [2.05, 4.69) is 26.2 Å². The third-order valence-corrected chi connectivity index (χ3v) is 9.11. The zero-order valence-corrected chi connectivity index (χ0v) is 14.9. The molecule has 0 unspecified atom stereocenters. The summed E-state index contributed by atoms with van der Waals surface area (Å²) in [5.41, 5.74) is 1.14. The number of quaternary nitrogens is 1. The smallest absolute Gasteiger partial charge is 0.0914 e. The van der Waals surface area contributed by atoms with Gasteiger partial charge in [-0.05, 0) is 80.5 Å². The van der Waals surface area contributed by atoms with Crippen LogP contribution >= 0.6 is 0 Å². The molecule has 2 nitrogen and oxygen atoms in total. The summed E-state index contributed by atoms with van der Waals surface area (Å²) in [6.45, 7) is 5.21. The lowest BCUT2D eigenvalue weighted by Crippen LogP contribution is -2.89. The van der Waals surface area contributed by atoms with Crippen molar-refractivity contribution in [3.8, 4) is 0 Å². The first-order valence-electron chi connectivity index (χ1n) is 9.96. The van der Waals surface area contributed by atoms with Crippen LogP contribution in [-0.4, -0.2) is 24.3 Å². The highest BCUT2D eigenvalue weighted by Gasteiger charge is 2.60. The van der Waals surface area contributed by atoms with Gasteiger partial charge in [-0.15, -0.1) is 0 Å². The number of hydrogen-bond acceptors (Lipinski definition) is 1. The lowest BCUT2D eigenvalue weighted by molar-refractivity contribution is -0.676. The summed E-state index contributed by atoms with van der Waals surface area (Å²) in [4.78, 5) is 0. The van der Waals surface area contributed by atoms with Crippen molar-refractivity contribution in [3.05, 3.63) is 0 Å². The van der Waals surface area contributed by atoms with Crippen LogP contribution in [0.15, 0.2) is 0 Å². The molecule has 4 aliphatic rings. The Balaban J connectivity index is 1.61. The molecule has 4 fully saturated rings. The maximum atomic E-state index is 10.1. The molecular weight excluding hydrogens is 270 g/mol. The number of rotatable bonds is 1. The third-order valence-electron chi connectivity index (χ3n) is 9.11. The number of nitrogens with two attached hydrogens (primary N) is 1. The maximum Gasteiger partial charge on any atom is 0.0914 e. The van der Waals surface area contributed by atoms with Gasteiger partial charge in [-0.1, -0.05) is 13.8 Å². The summed E-state index contributed by atoms with van der Waals surface area (Å²) in [5, 5.41) is 12.6. The second-order valence-electron chi connectivity index (χ2n) is 9.65. The average Bonchev–Trinajstić information content (AvgIpc) is 2.84. The predicted molar refractivity (Wildman–Crippen MR) is 89.4 cm³/mol. The number of aliphatic hydroxyl groups is 1. The molecule has 0 amide bonds. The molecule has 0 spiro atoms. The van der Waals surface area contributed by atoms with Crippen LogP contribution in [0, 0.1) is 34.5 Å². The summed E-state index contributed by atoms with van der Waals surface area (Å²) in [5.74, 6) is 3.72. The van der Waals surface area contributed by atoms with Gasteiger partial charge >= 0.3 is 0 Å². The molecule has 8 atom stereocenters. The maximum absolute atomic E-state index is 10.1. The van der Waals surface area contributed by atoms with Gasteiger partial charge in [-0.25, -0.2) is 0 Å². The lowest BCUT2D eigenvalue weighted by Gasteiger charge is -2.60. The Labute approximate surface area is 136 Å². The van der Waals surface area contributed by atoms with E-state index in [0.29, 0.717) is 10.8 Å². The van der Waals surface area contributed by atoms with Crippen molar-refractivity contribution in [2.45, 2.75) is 83.8 Å². The van der Waals surface area contributed by atoms with E-state index < -0.39 is 0 Å². The first-order valence-corrected chi connectivity index (χ1v) is 9.96. The van der Waals surface area contributed by atoms with Gasteiger partial charge in [0.2, 0.25) is 0 Å². The quantitative estimate of drug-likeness (QED) is 0.768. The van der Waals surface area contributed by atoms with Crippen LogP contribution in [0.5, 0.6) is 0 Å². The molecule has 0 aromatic heterocycles. The molecule has 0 saturated heterocycles. The highest BCUT2D eigenvalue weighted by molar-refractivity contribution is 5.09. The Bertz CT molecular complexity index is 437. The SMILES string of the molecule is C[NH2+][C@@H]1CC[C@@H]2[C@@H]3CC[C@H]4C[C@H](O)CC[C@]4(C)[C@@H]3CC[C@@]21C. The summed E-state index contributed by atoms with van der Waals surface area (Å²) in [6, 6.07) is 0.872. The zero-order valence-electron chi connectivity index (χ0n) is 14.9. The van der Waals surface area contributed by atoms with Crippen molar-refractivity contribution < 1.29 is 10.4 Å². The molecule has 0 aromatic carbocycles. The molecule has 4 rings (SSSR count). The van der Waals surface area contributed by atoms with Crippen molar-refractivity contribution in [2.75, 3.05) is 7.05 Å². The van der Waals surface area contributed by atoms with E-state index in [-0.39, 0.29) is 6.10 Å². The molecule has 0 heterocycles. The zero-order chi connectivity index (χ0) is 15.5. The van der Waals surface area contributed by atoms with Gasteiger partial charge in [0.15, 0.2) is 0 Å². The Morgan fingerprint density at radius 1 is 0.864 bits per heavy atom. The second-order valence-corrected chi connectivity index (χ2v) is 9.65. The lowest BCUT2D eigenvalue weighted by atomic mass is 9.45. The molecule has 22 heavy (non-hydrogen) atoms. The molecule has 0 aromatic rings. The average molecular weight is 307 g/mol. The third kappa shape index (κ3) is 1.99. The largest absolute Gasteiger partial charge is 0.393 e. The number of fused-ring (bicyclic) bond motifs is 5. The van der Waals surface area contributed by atoms with Gasteiger partial charge in [0, 0.05) is 11.8 Å². The second kappa shape index (κ2) is 5.21. The monoisotopic (exact) mass is 306 g/mol. The summed E-state index contributed by atoms with van der Waals surface area (Å²) in [6.07, 6.45) is 12.1. The fraction of sp³-hybridized carbons (Fsp3) is 1.00. The summed E-state index contributed by atoms with van der Waals surface area (Å²) in [7, 11) is 2.30. The fourth-order valence-electron chi connectivity index (χ4n) is 7.82. The van der Waals surface area contributed by atoms with Crippen LogP contribution in [0.4, 0.5) is 0 Å². The van der Waals surface area contributed by atoms with Crippen molar-refractivity contribution in [3.63, 3.8) is 0 Å². The highest BCUT2D eigenvalue weighted by Crippen LogP contribution is 2.65. The van der Waals surface area contributed by atoms with E-state index in [9.17, 15) is 5.11 Å². The van der Waals surface area contributed by atoms with Gasteiger partial charge < -0.3 is 10.4 Å². The minimum absolute atomic E-state index is 0.00552. The van der Waals surface area contributed by atoms with E-state index in [0.717, 1.165) is 42.6 Å². The van der Waals surface area contributed by atoms with Crippen LogP contribution in [0.2, 0.25) is 0 Å². The number of hydrogen-bond donors (Lipinski definition) is 2. The Morgan fingerprint density at radius 3 is 2.36 bits per heavy atom. The Morgan fingerprint density at radius 2 is 1.59 bits per heavy atom. The molecule has 0 aliphatic heterocycles. The van der Waals surface area contributed by atoms with Crippen LogP contribution in [0.25, 0.3) is 0 Å². The minimum atomic E-state index is -0.00552. The number of aliphatic hydroxyl groups excluding tert-OH is 1. The summed E-state index contributed by atoms with van der Waals surface area (Å²) < 4.78 is 0. The normalized spacial score (nSPS) is 57.8. The topological polar surface area (TPSA) is 36.8 Å². The first kappa shape index (κ1) is 15.4. The predicted octanol–water partition coefficient (Wildman–Crippen LogP) is 2.95. The molecule has 2 heteroatoms. The Kier molecular flexibility index (Phi) is 3.66. The van der Waals surface area contributed by atoms with Crippen LogP contribution in [0.1, 0.15) is 71.6 Å². The molecule has 3 N–H and O–H groups in total. The van der Waals surface area contributed by atoms with E-state index in [1.165, 1.54) is 44.9 Å². The van der Waals surface area contributed by atoms with Crippen molar-refractivity contribution in [1.29, 1.82) is 0 Å². The highest BCUT2D eigenvalue weighted by atomic mass is 16.3. The van der Waals surface area contributed by atoms with Crippen molar-refractivity contribution in [1.82, 2.24) is 0 Å². The molecule has 126 valence electrons. The van der Waals surface area contributed by atoms with E-state index in [1.54, 1.807) is 0 Å².